The standard InChI is InChI=1S/C19H19N3O4S/c23-22(24)15-6-4-14(5-7-15)20-19(27)21-9-1-2-16(21)13-3-8-17-18(12-13)26-11-10-25-17/h3-8,12,16H,1-2,9-11H2,(H,20,27)/t16-/m0/s1. The molecule has 27 heavy (non-hydrogen) atoms. The fraction of sp³-hybridized carbons (Fsp3) is 0.316. The molecule has 8 heteroatoms. The van der Waals surface area contributed by atoms with E-state index in [0.717, 1.165) is 42.1 Å². The Balaban J connectivity index is 1.49. The quantitative estimate of drug-likeness (QED) is 0.488. The molecule has 1 N–H and O–H groups in total. The molecule has 7 nitrogen and oxygen atoms in total. The predicted molar refractivity (Wildman–Crippen MR) is 105 cm³/mol. The number of likely N-dealkylation sites (tertiary alicyclic amines) is 1. The van der Waals surface area contributed by atoms with Crippen molar-refractivity contribution in [2.75, 3.05) is 25.1 Å². The van der Waals surface area contributed by atoms with Gasteiger partial charge in [0.25, 0.3) is 5.69 Å². The number of thiocarbonyl (C=S) groups is 1. The molecule has 2 aromatic rings. The minimum atomic E-state index is -0.416. The van der Waals surface area contributed by atoms with Gasteiger partial charge in [0.15, 0.2) is 16.6 Å². The maximum atomic E-state index is 10.8. The van der Waals surface area contributed by atoms with E-state index in [1.165, 1.54) is 12.1 Å². The first-order valence-corrected chi connectivity index (χ1v) is 9.24. The summed E-state index contributed by atoms with van der Waals surface area (Å²) in [6.45, 7) is 1.99. The molecule has 0 saturated carbocycles. The van der Waals surface area contributed by atoms with Crippen molar-refractivity contribution < 1.29 is 14.4 Å². The Labute approximate surface area is 162 Å². The molecule has 2 aromatic carbocycles. The van der Waals surface area contributed by atoms with Crippen molar-refractivity contribution in [3.05, 3.63) is 58.1 Å². The molecular formula is C19H19N3O4S. The van der Waals surface area contributed by atoms with Gasteiger partial charge in [-0.3, -0.25) is 10.1 Å². The number of nitrogens with zero attached hydrogens (tertiary/aromatic N) is 2. The Morgan fingerprint density at radius 2 is 1.89 bits per heavy atom. The molecule has 2 aliphatic heterocycles. The van der Waals surface area contributed by atoms with E-state index in [2.05, 4.69) is 16.3 Å². The third kappa shape index (κ3) is 3.66. The highest BCUT2D eigenvalue weighted by atomic mass is 32.1. The minimum Gasteiger partial charge on any atom is -0.486 e. The maximum Gasteiger partial charge on any atom is 0.269 e. The largest absolute Gasteiger partial charge is 0.486 e. The monoisotopic (exact) mass is 385 g/mol. The van der Waals surface area contributed by atoms with E-state index in [1.54, 1.807) is 12.1 Å². The molecule has 2 heterocycles. The number of benzene rings is 2. The first-order chi connectivity index (χ1) is 13.1. The second-order valence-electron chi connectivity index (χ2n) is 6.49. The summed E-state index contributed by atoms with van der Waals surface area (Å²) in [6, 6.07) is 12.5. The van der Waals surface area contributed by atoms with Crippen molar-refractivity contribution in [3.63, 3.8) is 0 Å². The van der Waals surface area contributed by atoms with Crippen LogP contribution in [0.25, 0.3) is 0 Å². The molecule has 0 radical (unpaired) electrons. The zero-order valence-electron chi connectivity index (χ0n) is 14.6. The van der Waals surface area contributed by atoms with Gasteiger partial charge in [-0.05, 0) is 54.9 Å². The SMILES string of the molecule is O=[N+]([O-])c1ccc(NC(=S)N2CCC[C@H]2c2ccc3c(c2)OCCO3)cc1. The lowest BCUT2D eigenvalue weighted by Gasteiger charge is -2.29. The third-order valence-electron chi connectivity index (χ3n) is 4.79. The highest BCUT2D eigenvalue weighted by Gasteiger charge is 2.29. The molecule has 4 rings (SSSR count). The van der Waals surface area contributed by atoms with E-state index in [1.807, 2.05) is 12.1 Å². The van der Waals surface area contributed by atoms with Crippen LogP contribution in [0.15, 0.2) is 42.5 Å². The molecule has 0 aliphatic carbocycles. The van der Waals surface area contributed by atoms with Crippen LogP contribution in [0.5, 0.6) is 11.5 Å². The lowest BCUT2D eigenvalue weighted by molar-refractivity contribution is -0.384. The number of rotatable bonds is 3. The van der Waals surface area contributed by atoms with Crippen molar-refractivity contribution in [1.82, 2.24) is 4.90 Å². The second kappa shape index (κ2) is 7.40. The van der Waals surface area contributed by atoms with Crippen LogP contribution in [-0.2, 0) is 0 Å². The Morgan fingerprint density at radius 1 is 1.15 bits per heavy atom. The van der Waals surface area contributed by atoms with E-state index in [9.17, 15) is 10.1 Å². The Bertz CT molecular complexity index is 872. The van der Waals surface area contributed by atoms with Crippen LogP contribution in [-0.4, -0.2) is 34.7 Å². The maximum absolute atomic E-state index is 10.8. The van der Waals surface area contributed by atoms with Crippen LogP contribution in [0.3, 0.4) is 0 Å². The average Bonchev–Trinajstić information content (AvgIpc) is 3.18. The first-order valence-electron chi connectivity index (χ1n) is 8.83. The summed E-state index contributed by atoms with van der Waals surface area (Å²) < 4.78 is 11.3. The number of nitrogens with one attached hydrogen (secondary N) is 1. The zero-order valence-corrected chi connectivity index (χ0v) is 15.4. The number of non-ortho nitro benzene ring substituents is 1. The number of anilines is 1. The first kappa shape index (κ1) is 17.5. The van der Waals surface area contributed by atoms with Crippen LogP contribution in [0, 0.1) is 10.1 Å². The van der Waals surface area contributed by atoms with Gasteiger partial charge in [-0.15, -0.1) is 0 Å². The summed E-state index contributed by atoms with van der Waals surface area (Å²) >= 11 is 5.60. The van der Waals surface area contributed by atoms with Crippen LogP contribution >= 0.6 is 12.2 Å². The van der Waals surface area contributed by atoms with Gasteiger partial charge in [0.2, 0.25) is 0 Å². The fourth-order valence-electron chi connectivity index (χ4n) is 3.49. The van der Waals surface area contributed by atoms with E-state index < -0.39 is 4.92 Å². The third-order valence-corrected chi connectivity index (χ3v) is 5.13. The van der Waals surface area contributed by atoms with Crippen molar-refractivity contribution in [2.45, 2.75) is 18.9 Å². The van der Waals surface area contributed by atoms with Gasteiger partial charge in [0.05, 0.1) is 11.0 Å². The number of hydrogen-bond donors (Lipinski definition) is 1. The number of nitro groups is 1. The van der Waals surface area contributed by atoms with Gasteiger partial charge in [-0.2, -0.15) is 0 Å². The van der Waals surface area contributed by atoms with Gasteiger partial charge < -0.3 is 19.7 Å². The smallest absolute Gasteiger partial charge is 0.269 e. The molecule has 1 fully saturated rings. The molecule has 0 spiro atoms. The Kier molecular flexibility index (Phi) is 4.81. The zero-order chi connectivity index (χ0) is 18.8. The molecule has 0 unspecified atom stereocenters. The average molecular weight is 385 g/mol. The van der Waals surface area contributed by atoms with Gasteiger partial charge in [-0.25, -0.2) is 0 Å². The minimum absolute atomic E-state index is 0.0572. The van der Waals surface area contributed by atoms with Crippen molar-refractivity contribution in [3.8, 4) is 11.5 Å². The van der Waals surface area contributed by atoms with Crippen LogP contribution in [0.4, 0.5) is 11.4 Å². The van der Waals surface area contributed by atoms with Crippen molar-refractivity contribution in [1.29, 1.82) is 0 Å². The molecule has 0 aromatic heterocycles. The molecule has 140 valence electrons. The Hall–Kier alpha value is -2.87. The summed E-state index contributed by atoms with van der Waals surface area (Å²) in [5.74, 6) is 1.56. The fourth-order valence-corrected chi connectivity index (χ4v) is 3.82. The molecule has 2 aliphatic rings. The summed E-state index contributed by atoms with van der Waals surface area (Å²) in [5, 5.41) is 14.6. The van der Waals surface area contributed by atoms with Gasteiger partial charge in [0.1, 0.15) is 13.2 Å². The normalized spacial score (nSPS) is 18.2. The van der Waals surface area contributed by atoms with E-state index in [-0.39, 0.29) is 11.7 Å². The van der Waals surface area contributed by atoms with E-state index >= 15 is 0 Å². The van der Waals surface area contributed by atoms with Gasteiger partial charge in [-0.1, -0.05) is 6.07 Å². The number of fused-ring (bicyclic) bond motifs is 1. The summed E-state index contributed by atoms with van der Waals surface area (Å²) in [6.07, 6.45) is 2.04. The van der Waals surface area contributed by atoms with Crippen molar-refractivity contribution in [2.24, 2.45) is 0 Å². The van der Waals surface area contributed by atoms with Crippen LogP contribution < -0.4 is 14.8 Å². The van der Waals surface area contributed by atoms with E-state index in [0.29, 0.717) is 18.3 Å². The molecule has 0 amide bonds. The van der Waals surface area contributed by atoms with Crippen LogP contribution in [0.2, 0.25) is 0 Å². The highest BCUT2D eigenvalue weighted by Crippen LogP contribution is 2.38. The molecule has 1 atom stereocenters. The summed E-state index contributed by atoms with van der Waals surface area (Å²) in [5.41, 5.74) is 1.94. The summed E-state index contributed by atoms with van der Waals surface area (Å²) in [7, 11) is 0. The van der Waals surface area contributed by atoms with Crippen LogP contribution in [0.1, 0.15) is 24.4 Å². The number of nitro benzene ring substituents is 1. The Morgan fingerprint density at radius 3 is 2.63 bits per heavy atom. The second-order valence-corrected chi connectivity index (χ2v) is 6.88. The summed E-state index contributed by atoms with van der Waals surface area (Å²) in [4.78, 5) is 12.5. The predicted octanol–water partition coefficient (Wildman–Crippen LogP) is 3.90. The van der Waals surface area contributed by atoms with Gasteiger partial charge in [0, 0.05) is 24.4 Å². The van der Waals surface area contributed by atoms with Crippen molar-refractivity contribution >= 4 is 28.7 Å². The molecule has 1 saturated heterocycles. The number of hydrogen-bond acceptors (Lipinski definition) is 5. The molecule has 0 bridgehead atoms. The molecular weight excluding hydrogens is 366 g/mol. The lowest BCUT2D eigenvalue weighted by Crippen LogP contribution is -2.34. The topological polar surface area (TPSA) is 76.9 Å². The lowest BCUT2D eigenvalue weighted by atomic mass is 10.0. The number of ether oxygens (including phenoxy) is 2. The van der Waals surface area contributed by atoms with E-state index in [4.69, 9.17) is 21.7 Å². The van der Waals surface area contributed by atoms with Gasteiger partial charge >= 0.3 is 0 Å². The highest BCUT2D eigenvalue weighted by molar-refractivity contribution is 7.80.